The number of halogens is 2. The second-order valence-corrected chi connectivity index (χ2v) is 5.48. The maximum absolute atomic E-state index is 11.9. The van der Waals surface area contributed by atoms with Crippen LogP contribution in [-0.4, -0.2) is 35.7 Å². The molecular formula is C12H16BrClN2O2. The van der Waals surface area contributed by atoms with Gasteiger partial charge in [0.25, 0.3) is 0 Å². The molecule has 1 aromatic rings. The molecule has 0 aliphatic carbocycles. The third-order valence-electron chi connectivity index (χ3n) is 2.73. The number of hydrogen-bond donors (Lipinski definition) is 2. The van der Waals surface area contributed by atoms with Crippen molar-refractivity contribution in [2.45, 2.75) is 19.9 Å². The number of carbonyl (C=O) groups is 1. The zero-order valence-electron chi connectivity index (χ0n) is 10.5. The van der Waals surface area contributed by atoms with Crippen LogP contribution in [0.25, 0.3) is 0 Å². The highest BCUT2D eigenvalue weighted by Gasteiger charge is 2.17. The molecule has 1 aromatic carbocycles. The summed E-state index contributed by atoms with van der Waals surface area (Å²) in [4.78, 5) is 13.4. The van der Waals surface area contributed by atoms with Crippen LogP contribution in [0.1, 0.15) is 12.5 Å². The lowest BCUT2D eigenvalue weighted by molar-refractivity contribution is 0.166. The van der Waals surface area contributed by atoms with Crippen molar-refractivity contribution in [2.24, 2.45) is 0 Å². The number of anilines is 1. The maximum atomic E-state index is 11.9. The fraction of sp³-hybridized carbons (Fsp3) is 0.417. The van der Waals surface area contributed by atoms with E-state index in [1.165, 1.54) is 4.90 Å². The van der Waals surface area contributed by atoms with Crippen molar-refractivity contribution in [2.75, 3.05) is 19.0 Å². The van der Waals surface area contributed by atoms with Crippen molar-refractivity contribution in [1.29, 1.82) is 0 Å². The molecule has 6 heteroatoms. The number of benzene rings is 1. The molecule has 0 fully saturated rings. The summed E-state index contributed by atoms with van der Waals surface area (Å²) >= 11 is 9.42. The van der Waals surface area contributed by atoms with E-state index in [4.69, 9.17) is 16.7 Å². The van der Waals surface area contributed by atoms with Crippen LogP contribution in [-0.2, 0) is 0 Å². The molecule has 0 radical (unpaired) electrons. The van der Waals surface area contributed by atoms with Gasteiger partial charge in [-0.05, 0) is 31.5 Å². The number of rotatable bonds is 3. The Morgan fingerprint density at radius 2 is 2.22 bits per heavy atom. The Hall–Kier alpha value is -0.780. The van der Waals surface area contributed by atoms with Gasteiger partial charge in [-0.3, -0.25) is 0 Å². The third-order valence-corrected chi connectivity index (χ3v) is 3.49. The molecule has 0 heterocycles. The highest BCUT2D eigenvalue weighted by atomic mass is 79.9. The van der Waals surface area contributed by atoms with Crippen LogP contribution in [0.3, 0.4) is 0 Å². The smallest absolute Gasteiger partial charge is 0.321 e. The van der Waals surface area contributed by atoms with E-state index in [2.05, 4.69) is 21.2 Å². The monoisotopic (exact) mass is 334 g/mol. The normalized spacial score (nSPS) is 12.1. The standard InChI is InChI=1S/C12H16BrClN2O2/c1-7-4-9(13)5-10(14)11(7)15-12(18)16(3)8(2)6-17/h4-5,8,17H,6H2,1-3H3,(H,15,18). The summed E-state index contributed by atoms with van der Waals surface area (Å²) in [5, 5.41) is 12.2. The fourth-order valence-corrected chi connectivity index (χ4v) is 2.40. The minimum atomic E-state index is -0.302. The molecule has 0 saturated heterocycles. The number of hydrogen-bond acceptors (Lipinski definition) is 2. The van der Waals surface area contributed by atoms with Crippen LogP contribution in [0.2, 0.25) is 5.02 Å². The minimum absolute atomic E-state index is 0.0863. The van der Waals surface area contributed by atoms with Crippen LogP contribution in [0.15, 0.2) is 16.6 Å². The molecule has 1 atom stereocenters. The molecule has 0 aliphatic rings. The third kappa shape index (κ3) is 3.60. The van der Waals surface area contributed by atoms with Crippen LogP contribution in [0.5, 0.6) is 0 Å². The molecule has 0 saturated carbocycles. The lowest BCUT2D eigenvalue weighted by Gasteiger charge is -2.24. The average Bonchev–Trinajstić information content (AvgIpc) is 2.31. The Morgan fingerprint density at radius 1 is 1.61 bits per heavy atom. The van der Waals surface area contributed by atoms with Crippen LogP contribution >= 0.6 is 27.5 Å². The molecule has 0 aromatic heterocycles. The quantitative estimate of drug-likeness (QED) is 0.891. The van der Waals surface area contributed by atoms with E-state index < -0.39 is 0 Å². The van der Waals surface area contributed by atoms with Crippen molar-refractivity contribution >= 4 is 39.2 Å². The van der Waals surface area contributed by atoms with Gasteiger partial charge in [-0.1, -0.05) is 27.5 Å². The van der Waals surface area contributed by atoms with Gasteiger partial charge < -0.3 is 15.3 Å². The summed E-state index contributed by atoms with van der Waals surface area (Å²) in [5.74, 6) is 0. The first kappa shape index (κ1) is 15.3. The topological polar surface area (TPSA) is 52.6 Å². The summed E-state index contributed by atoms with van der Waals surface area (Å²) in [5.41, 5.74) is 1.45. The first-order chi connectivity index (χ1) is 8.36. The number of urea groups is 1. The number of aliphatic hydroxyl groups excluding tert-OH is 1. The van der Waals surface area contributed by atoms with Crippen LogP contribution < -0.4 is 5.32 Å². The number of likely N-dealkylation sites (N-methyl/N-ethyl adjacent to an activating group) is 1. The van der Waals surface area contributed by atoms with E-state index in [0.717, 1.165) is 10.0 Å². The van der Waals surface area contributed by atoms with E-state index >= 15 is 0 Å². The van der Waals surface area contributed by atoms with Gasteiger partial charge in [0.05, 0.1) is 23.4 Å². The van der Waals surface area contributed by atoms with Crippen molar-refractivity contribution < 1.29 is 9.90 Å². The summed E-state index contributed by atoms with van der Waals surface area (Å²) in [6, 6.07) is 3.04. The number of aryl methyl sites for hydroxylation is 1. The SMILES string of the molecule is Cc1cc(Br)cc(Cl)c1NC(=O)N(C)C(C)CO. The molecule has 1 rings (SSSR count). The van der Waals surface area contributed by atoms with Crippen molar-refractivity contribution in [1.82, 2.24) is 4.90 Å². The summed E-state index contributed by atoms with van der Waals surface area (Å²) in [6.45, 7) is 3.54. The zero-order chi connectivity index (χ0) is 13.9. The zero-order valence-corrected chi connectivity index (χ0v) is 12.8. The summed E-state index contributed by atoms with van der Waals surface area (Å²) < 4.78 is 0.861. The fourth-order valence-electron chi connectivity index (χ4n) is 1.38. The Labute approximate surface area is 120 Å². The van der Waals surface area contributed by atoms with Crippen LogP contribution in [0.4, 0.5) is 10.5 Å². The maximum Gasteiger partial charge on any atom is 0.321 e. The highest BCUT2D eigenvalue weighted by molar-refractivity contribution is 9.10. The van der Waals surface area contributed by atoms with Crippen molar-refractivity contribution in [3.8, 4) is 0 Å². The van der Waals surface area contributed by atoms with Gasteiger partial charge in [0.15, 0.2) is 0 Å². The predicted molar refractivity (Wildman–Crippen MR) is 77.2 cm³/mol. The van der Waals surface area contributed by atoms with Gasteiger partial charge in [-0.2, -0.15) is 0 Å². The molecule has 2 amide bonds. The Kier molecular flexibility index (Phi) is 5.44. The van der Waals surface area contributed by atoms with Gasteiger partial charge in [0.1, 0.15) is 0 Å². The Morgan fingerprint density at radius 3 is 2.72 bits per heavy atom. The Bertz CT molecular complexity index is 431. The van der Waals surface area contributed by atoms with Crippen molar-refractivity contribution in [3.05, 3.63) is 27.2 Å². The molecule has 4 nitrogen and oxygen atoms in total. The molecule has 0 spiro atoms. The molecule has 0 aliphatic heterocycles. The van der Waals surface area contributed by atoms with Gasteiger partial charge in [-0.15, -0.1) is 0 Å². The number of nitrogens with one attached hydrogen (secondary N) is 1. The van der Waals surface area contributed by atoms with Crippen molar-refractivity contribution in [3.63, 3.8) is 0 Å². The van der Waals surface area contributed by atoms with Gasteiger partial charge in [-0.25, -0.2) is 4.79 Å². The number of carbonyl (C=O) groups excluding carboxylic acids is 1. The molecular weight excluding hydrogens is 320 g/mol. The second kappa shape index (κ2) is 6.41. The van der Waals surface area contributed by atoms with Crippen LogP contribution in [0, 0.1) is 6.92 Å². The molecule has 2 N–H and O–H groups in total. The van der Waals surface area contributed by atoms with E-state index in [1.807, 2.05) is 13.0 Å². The highest BCUT2D eigenvalue weighted by Crippen LogP contribution is 2.30. The van der Waals surface area contributed by atoms with Gasteiger partial charge in [0, 0.05) is 11.5 Å². The summed E-state index contributed by atoms with van der Waals surface area (Å²) in [7, 11) is 1.62. The number of amides is 2. The lowest BCUT2D eigenvalue weighted by Crippen LogP contribution is -2.40. The second-order valence-electron chi connectivity index (χ2n) is 4.15. The molecule has 18 heavy (non-hydrogen) atoms. The lowest BCUT2D eigenvalue weighted by atomic mass is 10.2. The number of aliphatic hydroxyl groups is 1. The van der Waals surface area contributed by atoms with Gasteiger partial charge >= 0.3 is 6.03 Å². The largest absolute Gasteiger partial charge is 0.394 e. The van der Waals surface area contributed by atoms with E-state index in [9.17, 15) is 4.79 Å². The molecule has 100 valence electrons. The van der Waals surface area contributed by atoms with E-state index in [-0.39, 0.29) is 18.7 Å². The number of nitrogens with zero attached hydrogens (tertiary/aromatic N) is 1. The predicted octanol–water partition coefficient (Wildman–Crippen LogP) is 3.26. The van der Waals surface area contributed by atoms with E-state index in [0.29, 0.717) is 10.7 Å². The first-order valence-electron chi connectivity index (χ1n) is 5.47. The Balaban J connectivity index is 2.89. The van der Waals surface area contributed by atoms with E-state index in [1.54, 1.807) is 20.0 Å². The first-order valence-corrected chi connectivity index (χ1v) is 6.64. The summed E-state index contributed by atoms with van der Waals surface area (Å²) in [6.07, 6.45) is 0. The minimum Gasteiger partial charge on any atom is -0.394 e. The van der Waals surface area contributed by atoms with Gasteiger partial charge in [0.2, 0.25) is 0 Å². The molecule has 0 bridgehead atoms. The molecule has 1 unspecified atom stereocenters. The average molecular weight is 336 g/mol.